The fourth-order valence-corrected chi connectivity index (χ4v) is 6.69. The number of nitrogens with zero attached hydrogens (tertiary/aromatic N) is 1. The van der Waals surface area contributed by atoms with E-state index in [1.807, 2.05) is 99.6 Å². The SMILES string of the molecule is CC(C)(C)OC(=O)[C@@H]1CCCN1C[C@@H]1C[C@H](c2ccc(CO)cc2)O[C@H](c2ccc(-c3cccc(CNC(=O)NCc4ccccc4)c3)cc2)O1. The Labute approximate surface area is 300 Å². The normalized spacial score (nSPS) is 20.9. The minimum Gasteiger partial charge on any atom is -0.459 e. The number of hydrogen-bond acceptors (Lipinski definition) is 7. The molecule has 268 valence electrons. The van der Waals surface area contributed by atoms with Gasteiger partial charge in [-0.05, 0) is 79.6 Å². The van der Waals surface area contributed by atoms with Crippen LogP contribution in [0.2, 0.25) is 0 Å². The fraction of sp³-hybridized carbons (Fsp3) is 0.381. The summed E-state index contributed by atoms with van der Waals surface area (Å²) in [6, 6.07) is 33.5. The molecular weight excluding hydrogens is 642 g/mol. The van der Waals surface area contributed by atoms with Crippen molar-refractivity contribution >= 4 is 12.0 Å². The fourth-order valence-electron chi connectivity index (χ4n) is 6.69. The van der Waals surface area contributed by atoms with Gasteiger partial charge >= 0.3 is 12.0 Å². The number of ether oxygens (including phenoxy) is 3. The van der Waals surface area contributed by atoms with E-state index in [0.29, 0.717) is 26.1 Å². The molecule has 4 atom stereocenters. The minimum atomic E-state index is -0.604. The van der Waals surface area contributed by atoms with Gasteiger partial charge in [0, 0.05) is 31.6 Å². The summed E-state index contributed by atoms with van der Waals surface area (Å²) in [6.45, 7) is 7.97. The molecule has 0 aliphatic carbocycles. The van der Waals surface area contributed by atoms with Crippen LogP contribution >= 0.6 is 0 Å². The molecule has 3 N–H and O–H groups in total. The van der Waals surface area contributed by atoms with Gasteiger partial charge in [0.05, 0.1) is 18.8 Å². The quantitative estimate of drug-likeness (QED) is 0.143. The van der Waals surface area contributed by atoms with Gasteiger partial charge in [-0.1, -0.05) is 97.1 Å². The number of benzene rings is 4. The molecule has 51 heavy (non-hydrogen) atoms. The number of urea groups is 1. The second kappa shape index (κ2) is 16.7. The molecule has 0 bridgehead atoms. The molecule has 9 nitrogen and oxygen atoms in total. The zero-order valence-electron chi connectivity index (χ0n) is 29.7. The van der Waals surface area contributed by atoms with E-state index in [1.54, 1.807) is 0 Å². The number of aliphatic hydroxyl groups excluding tert-OH is 1. The van der Waals surface area contributed by atoms with Crippen molar-refractivity contribution in [3.63, 3.8) is 0 Å². The molecule has 2 saturated heterocycles. The summed E-state index contributed by atoms with van der Waals surface area (Å²) in [5.41, 5.74) is 6.34. The van der Waals surface area contributed by atoms with E-state index in [9.17, 15) is 14.7 Å². The third-order valence-electron chi connectivity index (χ3n) is 9.29. The average molecular weight is 692 g/mol. The van der Waals surface area contributed by atoms with Gasteiger partial charge in [-0.15, -0.1) is 0 Å². The summed E-state index contributed by atoms with van der Waals surface area (Å²) in [4.78, 5) is 27.7. The van der Waals surface area contributed by atoms with Gasteiger partial charge in [0.2, 0.25) is 0 Å². The van der Waals surface area contributed by atoms with E-state index >= 15 is 0 Å². The molecule has 2 aliphatic heterocycles. The summed E-state index contributed by atoms with van der Waals surface area (Å²) < 4.78 is 19.0. The molecule has 0 radical (unpaired) electrons. The van der Waals surface area contributed by atoms with Crippen molar-refractivity contribution in [3.05, 3.63) is 131 Å². The lowest BCUT2D eigenvalue weighted by Crippen LogP contribution is -2.45. The maximum Gasteiger partial charge on any atom is 0.323 e. The van der Waals surface area contributed by atoms with Crippen LogP contribution in [0.1, 0.15) is 80.2 Å². The van der Waals surface area contributed by atoms with Crippen LogP contribution in [0, 0.1) is 0 Å². The lowest BCUT2D eigenvalue weighted by molar-refractivity contribution is -0.253. The zero-order chi connectivity index (χ0) is 35.8. The third kappa shape index (κ3) is 10.0. The number of esters is 1. The molecule has 0 saturated carbocycles. The summed E-state index contributed by atoms with van der Waals surface area (Å²) in [5, 5.41) is 15.4. The first-order valence-electron chi connectivity index (χ1n) is 17.9. The highest BCUT2D eigenvalue weighted by atomic mass is 16.7. The van der Waals surface area contributed by atoms with Crippen LogP contribution in [0.25, 0.3) is 11.1 Å². The van der Waals surface area contributed by atoms with Crippen molar-refractivity contribution in [1.82, 2.24) is 15.5 Å². The Morgan fingerprint density at radius 3 is 2.20 bits per heavy atom. The molecular formula is C42H49N3O6. The van der Waals surface area contributed by atoms with Gasteiger partial charge in [0.1, 0.15) is 11.6 Å². The van der Waals surface area contributed by atoms with Gasteiger partial charge in [-0.2, -0.15) is 0 Å². The summed E-state index contributed by atoms with van der Waals surface area (Å²) in [6.07, 6.45) is 1.33. The smallest absolute Gasteiger partial charge is 0.323 e. The number of hydrogen-bond donors (Lipinski definition) is 3. The van der Waals surface area contributed by atoms with E-state index in [-0.39, 0.29) is 36.9 Å². The summed E-state index contributed by atoms with van der Waals surface area (Å²) in [7, 11) is 0. The predicted octanol–water partition coefficient (Wildman–Crippen LogP) is 7.20. The first-order valence-corrected chi connectivity index (χ1v) is 17.9. The highest BCUT2D eigenvalue weighted by molar-refractivity contribution is 5.76. The highest BCUT2D eigenvalue weighted by Crippen LogP contribution is 2.39. The second-order valence-electron chi connectivity index (χ2n) is 14.4. The van der Waals surface area contributed by atoms with E-state index in [0.717, 1.165) is 58.3 Å². The molecule has 4 aromatic carbocycles. The summed E-state index contributed by atoms with van der Waals surface area (Å²) in [5.74, 6) is -0.179. The van der Waals surface area contributed by atoms with Crippen LogP contribution in [0.5, 0.6) is 0 Å². The van der Waals surface area contributed by atoms with Crippen molar-refractivity contribution in [2.24, 2.45) is 0 Å². The standard InChI is InChI=1S/C42H49N3O6/c1-42(2,3)51-39(47)37-13-8-22-45(37)27-36-24-38(33-16-14-30(28-46)15-17-33)50-40(49-36)34-20-18-32(19-21-34)35-12-7-11-31(23-35)26-44-41(48)43-25-29-9-5-4-6-10-29/h4-7,9-12,14-21,23,36-38,40,46H,8,13,22,24-28H2,1-3H3,(H2,43,44,48)/t36-,37-,38+,40+/m0/s1. The molecule has 2 amide bonds. The van der Waals surface area contributed by atoms with Gasteiger partial charge in [-0.25, -0.2) is 4.79 Å². The Bertz CT molecular complexity index is 1740. The maximum absolute atomic E-state index is 13.1. The average Bonchev–Trinajstić information content (AvgIpc) is 3.61. The topological polar surface area (TPSA) is 109 Å². The van der Waals surface area contributed by atoms with Gasteiger partial charge in [-0.3, -0.25) is 9.69 Å². The molecule has 9 heteroatoms. The Hall–Kier alpha value is -4.54. The van der Waals surface area contributed by atoms with Crippen molar-refractivity contribution in [3.8, 4) is 11.1 Å². The second-order valence-corrected chi connectivity index (χ2v) is 14.4. The molecule has 0 aromatic heterocycles. The molecule has 0 unspecified atom stereocenters. The van der Waals surface area contributed by atoms with Crippen molar-refractivity contribution in [1.29, 1.82) is 0 Å². The molecule has 2 aliphatic rings. The lowest BCUT2D eigenvalue weighted by atomic mass is 9.98. The van der Waals surface area contributed by atoms with Crippen LogP contribution in [0.3, 0.4) is 0 Å². The van der Waals surface area contributed by atoms with Gasteiger partial charge in [0.15, 0.2) is 6.29 Å². The largest absolute Gasteiger partial charge is 0.459 e. The van der Waals surface area contributed by atoms with E-state index < -0.39 is 11.9 Å². The number of likely N-dealkylation sites (tertiary alicyclic amines) is 1. The first kappa shape index (κ1) is 36.3. The van der Waals surface area contributed by atoms with Crippen molar-refractivity contribution in [2.45, 2.75) is 89.9 Å². The first-order chi connectivity index (χ1) is 24.6. The van der Waals surface area contributed by atoms with E-state index in [1.165, 1.54) is 0 Å². The number of nitrogens with one attached hydrogen (secondary N) is 2. The van der Waals surface area contributed by atoms with Crippen LogP contribution < -0.4 is 10.6 Å². The van der Waals surface area contributed by atoms with Crippen molar-refractivity contribution in [2.75, 3.05) is 13.1 Å². The molecule has 4 aromatic rings. The number of rotatable bonds is 11. The van der Waals surface area contributed by atoms with Crippen molar-refractivity contribution < 1.29 is 28.9 Å². The molecule has 2 heterocycles. The van der Waals surface area contributed by atoms with E-state index in [2.05, 4.69) is 39.8 Å². The Kier molecular flexibility index (Phi) is 11.8. The Balaban J connectivity index is 1.13. The lowest BCUT2D eigenvalue weighted by Gasteiger charge is -2.38. The number of carbonyl (C=O) groups is 2. The van der Waals surface area contributed by atoms with Crippen LogP contribution in [0.4, 0.5) is 4.79 Å². The Morgan fingerprint density at radius 1 is 0.804 bits per heavy atom. The molecule has 6 rings (SSSR count). The number of amides is 2. The third-order valence-corrected chi connectivity index (χ3v) is 9.29. The predicted molar refractivity (Wildman–Crippen MR) is 196 cm³/mol. The van der Waals surface area contributed by atoms with Gasteiger partial charge < -0.3 is 30.0 Å². The summed E-state index contributed by atoms with van der Waals surface area (Å²) >= 11 is 0. The zero-order valence-corrected chi connectivity index (χ0v) is 29.7. The van der Waals surface area contributed by atoms with Gasteiger partial charge in [0.25, 0.3) is 0 Å². The van der Waals surface area contributed by atoms with Crippen LogP contribution in [-0.4, -0.2) is 52.8 Å². The minimum absolute atomic E-state index is 0.0168. The number of carbonyl (C=O) groups excluding carboxylic acids is 2. The van der Waals surface area contributed by atoms with Crippen LogP contribution in [0.15, 0.2) is 103 Å². The maximum atomic E-state index is 13.1. The molecule has 0 spiro atoms. The molecule has 2 fully saturated rings. The Morgan fingerprint density at radius 2 is 1.49 bits per heavy atom. The van der Waals surface area contributed by atoms with Crippen LogP contribution in [-0.2, 0) is 38.7 Å². The highest BCUT2D eigenvalue weighted by Gasteiger charge is 2.39. The monoisotopic (exact) mass is 691 g/mol. The number of aliphatic hydroxyl groups is 1. The van der Waals surface area contributed by atoms with E-state index in [4.69, 9.17) is 14.2 Å².